The van der Waals surface area contributed by atoms with Crippen LogP contribution in [-0.4, -0.2) is 47.1 Å². The third-order valence-corrected chi connectivity index (χ3v) is 3.17. The molecule has 0 bridgehead atoms. The quantitative estimate of drug-likeness (QED) is 0.783. The standard InChI is InChI=1S/C16H21N3O2/c1-12-10-19(11-16(2,3)21-12)15(20)14-7-6-13(9-18-14)5-4-8-17/h6-7,9,12H,8,10-11,17H2,1-3H3. The fraction of sp³-hybridized carbons (Fsp3) is 0.500. The number of aromatic nitrogens is 1. The molecule has 0 saturated carbocycles. The Balaban J connectivity index is 2.12. The molecule has 5 nitrogen and oxygen atoms in total. The summed E-state index contributed by atoms with van der Waals surface area (Å²) in [6, 6.07) is 3.49. The van der Waals surface area contributed by atoms with Crippen molar-refractivity contribution >= 4 is 5.91 Å². The minimum atomic E-state index is -0.333. The SMILES string of the molecule is CC1CN(C(=O)c2ccc(C#CCN)cn2)CC(C)(C)O1. The number of hydrogen-bond acceptors (Lipinski definition) is 4. The Morgan fingerprint density at radius 2 is 2.33 bits per heavy atom. The second-order valence-corrected chi connectivity index (χ2v) is 5.81. The predicted octanol–water partition coefficient (Wildman–Crippen LogP) is 1.03. The third kappa shape index (κ3) is 4.03. The number of hydrogen-bond donors (Lipinski definition) is 1. The highest BCUT2D eigenvalue weighted by Crippen LogP contribution is 2.21. The van der Waals surface area contributed by atoms with E-state index in [-0.39, 0.29) is 17.6 Å². The van der Waals surface area contributed by atoms with Crippen molar-refractivity contribution in [1.82, 2.24) is 9.88 Å². The van der Waals surface area contributed by atoms with Crippen LogP contribution in [0.25, 0.3) is 0 Å². The molecular weight excluding hydrogens is 266 g/mol. The topological polar surface area (TPSA) is 68.5 Å². The number of rotatable bonds is 1. The van der Waals surface area contributed by atoms with Crippen LogP contribution in [-0.2, 0) is 4.74 Å². The van der Waals surface area contributed by atoms with E-state index in [9.17, 15) is 4.79 Å². The smallest absolute Gasteiger partial charge is 0.272 e. The van der Waals surface area contributed by atoms with Crippen molar-refractivity contribution in [2.75, 3.05) is 19.6 Å². The lowest BCUT2D eigenvalue weighted by Crippen LogP contribution is -2.53. The van der Waals surface area contributed by atoms with Crippen LogP contribution in [0.2, 0.25) is 0 Å². The second-order valence-electron chi connectivity index (χ2n) is 5.81. The van der Waals surface area contributed by atoms with E-state index in [0.29, 0.717) is 25.3 Å². The Morgan fingerprint density at radius 3 is 2.90 bits per heavy atom. The highest BCUT2D eigenvalue weighted by Gasteiger charge is 2.34. The van der Waals surface area contributed by atoms with Crippen LogP contribution in [0, 0.1) is 11.8 Å². The highest BCUT2D eigenvalue weighted by atomic mass is 16.5. The van der Waals surface area contributed by atoms with Gasteiger partial charge in [0.2, 0.25) is 0 Å². The summed E-state index contributed by atoms with van der Waals surface area (Å²) < 4.78 is 5.81. The van der Waals surface area contributed by atoms with Crippen LogP contribution in [0.5, 0.6) is 0 Å². The van der Waals surface area contributed by atoms with Gasteiger partial charge in [0.15, 0.2) is 0 Å². The Labute approximate surface area is 125 Å². The van der Waals surface area contributed by atoms with Gasteiger partial charge in [-0.2, -0.15) is 0 Å². The van der Waals surface area contributed by atoms with Crippen LogP contribution < -0.4 is 5.73 Å². The van der Waals surface area contributed by atoms with E-state index in [4.69, 9.17) is 10.5 Å². The number of pyridine rings is 1. The van der Waals surface area contributed by atoms with Crippen molar-refractivity contribution in [1.29, 1.82) is 0 Å². The number of nitrogens with zero attached hydrogens (tertiary/aromatic N) is 2. The zero-order chi connectivity index (χ0) is 15.5. The van der Waals surface area contributed by atoms with Gasteiger partial charge < -0.3 is 15.4 Å². The maximum atomic E-state index is 12.5. The maximum absolute atomic E-state index is 12.5. The first-order chi connectivity index (χ1) is 9.91. The van der Waals surface area contributed by atoms with E-state index >= 15 is 0 Å². The van der Waals surface area contributed by atoms with Gasteiger partial charge in [0.1, 0.15) is 5.69 Å². The summed E-state index contributed by atoms with van der Waals surface area (Å²) in [6.07, 6.45) is 1.62. The molecule has 1 aliphatic rings. The Kier molecular flexibility index (Phi) is 4.61. The number of nitrogens with two attached hydrogens (primary N) is 1. The Morgan fingerprint density at radius 1 is 1.57 bits per heavy atom. The first kappa shape index (κ1) is 15.5. The van der Waals surface area contributed by atoms with Gasteiger partial charge in [0.25, 0.3) is 5.91 Å². The van der Waals surface area contributed by atoms with Gasteiger partial charge in [-0.05, 0) is 32.9 Å². The highest BCUT2D eigenvalue weighted by molar-refractivity contribution is 5.92. The molecule has 1 aromatic rings. The van der Waals surface area contributed by atoms with Gasteiger partial charge in [-0.25, -0.2) is 4.98 Å². The van der Waals surface area contributed by atoms with Gasteiger partial charge in [0, 0.05) is 24.8 Å². The predicted molar refractivity (Wildman–Crippen MR) is 80.7 cm³/mol. The maximum Gasteiger partial charge on any atom is 0.272 e. The molecule has 1 unspecified atom stereocenters. The molecular formula is C16H21N3O2. The van der Waals surface area contributed by atoms with Crippen LogP contribution in [0.3, 0.4) is 0 Å². The number of carbonyl (C=O) groups is 1. The van der Waals surface area contributed by atoms with E-state index in [1.54, 1.807) is 23.2 Å². The monoisotopic (exact) mass is 287 g/mol. The molecule has 2 heterocycles. The first-order valence-corrected chi connectivity index (χ1v) is 7.03. The molecule has 1 saturated heterocycles. The summed E-state index contributed by atoms with van der Waals surface area (Å²) in [4.78, 5) is 18.5. The average Bonchev–Trinajstić information content (AvgIpc) is 2.42. The molecule has 1 atom stereocenters. The van der Waals surface area contributed by atoms with Crippen LogP contribution >= 0.6 is 0 Å². The summed E-state index contributed by atoms with van der Waals surface area (Å²) in [5.41, 5.74) is 6.18. The van der Waals surface area contributed by atoms with Gasteiger partial charge in [0.05, 0.1) is 18.2 Å². The zero-order valence-corrected chi connectivity index (χ0v) is 12.7. The molecule has 0 radical (unpaired) electrons. The molecule has 5 heteroatoms. The fourth-order valence-corrected chi connectivity index (χ4v) is 2.52. The first-order valence-electron chi connectivity index (χ1n) is 7.03. The summed E-state index contributed by atoms with van der Waals surface area (Å²) in [5, 5.41) is 0. The number of ether oxygens (including phenoxy) is 1. The fourth-order valence-electron chi connectivity index (χ4n) is 2.52. The summed E-state index contributed by atoms with van der Waals surface area (Å²) in [6.45, 7) is 7.40. The lowest BCUT2D eigenvalue weighted by atomic mass is 10.1. The van der Waals surface area contributed by atoms with Crippen molar-refractivity contribution in [2.24, 2.45) is 5.73 Å². The Hall–Kier alpha value is -1.90. The van der Waals surface area contributed by atoms with E-state index in [1.807, 2.05) is 20.8 Å². The molecule has 1 amide bonds. The average molecular weight is 287 g/mol. The summed E-state index contributed by atoms with van der Waals surface area (Å²) >= 11 is 0. The van der Waals surface area contributed by atoms with Crippen molar-refractivity contribution in [2.45, 2.75) is 32.5 Å². The number of morpholine rings is 1. The molecule has 1 aliphatic heterocycles. The third-order valence-electron chi connectivity index (χ3n) is 3.17. The molecule has 1 fully saturated rings. The molecule has 0 aliphatic carbocycles. The molecule has 2 N–H and O–H groups in total. The van der Waals surface area contributed by atoms with Gasteiger partial charge in [-0.1, -0.05) is 11.8 Å². The van der Waals surface area contributed by atoms with Crippen molar-refractivity contribution < 1.29 is 9.53 Å². The molecule has 21 heavy (non-hydrogen) atoms. The molecule has 2 rings (SSSR count). The molecule has 112 valence electrons. The van der Waals surface area contributed by atoms with Gasteiger partial charge in [-0.3, -0.25) is 4.79 Å². The normalized spacial score (nSPS) is 20.6. The van der Waals surface area contributed by atoms with Crippen LogP contribution in [0.15, 0.2) is 18.3 Å². The van der Waals surface area contributed by atoms with Crippen molar-refractivity contribution in [3.05, 3.63) is 29.6 Å². The lowest BCUT2D eigenvalue weighted by molar-refractivity contribution is -0.118. The van der Waals surface area contributed by atoms with E-state index < -0.39 is 0 Å². The second kappa shape index (κ2) is 6.25. The summed E-state index contributed by atoms with van der Waals surface area (Å²) in [7, 11) is 0. The van der Waals surface area contributed by atoms with E-state index in [1.165, 1.54) is 0 Å². The number of amides is 1. The minimum absolute atomic E-state index is 0.0207. The molecule has 1 aromatic heterocycles. The minimum Gasteiger partial charge on any atom is -0.369 e. The zero-order valence-electron chi connectivity index (χ0n) is 12.7. The lowest BCUT2D eigenvalue weighted by Gasteiger charge is -2.41. The van der Waals surface area contributed by atoms with Crippen LogP contribution in [0.4, 0.5) is 0 Å². The largest absolute Gasteiger partial charge is 0.369 e. The molecule has 0 spiro atoms. The summed E-state index contributed by atoms with van der Waals surface area (Å²) in [5.74, 6) is 5.57. The van der Waals surface area contributed by atoms with Gasteiger partial charge in [-0.15, -0.1) is 0 Å². The van der Waals surface area contributed by atoms with Gasteiger partial charge >= 0.3 is 0 Å². The van der Waals surface area contributed by atoms with E-state index in [2.05, 4.69) is 16.8 Å². The van der Waals surface area contributed by atoms with Crippen molar-refractivity contribution in [3.8, 4) is 11.8 Å². The Bertz CT molecular complexity index is 569. The van der Waals surface area contributed by atoms with Crippen LogP contribution in [0.1, 0.15) is 36.8 Å². The number of carbonyl (C=O) groups excluding carboxylic acids is 1. The van der Waals surface area contributed by atoms with Crippen molar-refractivity contribution in [3.63, 3.8) is 0 Å². The molecule has 0 aromatic carbocycles. The van der Waals surface area contributed by atoms with E-state index in [0.717, 1.165) is 5.56 Å².